The minimum atomic E-state index is -0.946. The van der Waals surface area contributed by atoms with E-state index in [0.717, 1.165) is 18.9 Å². The van der Waals surface area contributed by atoms with Crippen molar-refractivity contribution in [1.82, 2.24) is 13.9 Å². The van der Waals surface area contributed by atoms with Gasteiger partial charge < -0.3 is 4.57 Å². The number of nitrogens with zero attached hydrogens (tertiary/aromatic N) is 3. The van der Waals surface area contributed by atoms with Crippen molar-refractivity contribution in [3.8, 4) is 0 Å². The van der Waals surface area contributed by atoms with E-state index in [4.69, 9.17) is 0 Å². The number of hydrogen-bond acceptors (Lipinski definition) is 2. The molecule has 1 aromatic heterocycles. The minimum absolute atomic E-state index is 0.193. The number of aromatic nitrogens is 2. The molecule has 0 spiro atoms. The van der Waals surface area contributed by atoms with Crippen molar-refractivity contribution in [2.24, 2.45) is 5.92 Å². The van der Waals surface area contributed by atoms with Crippen LogP contribution in [0.2, 0.25) is 0 Å². The first-order valence-corrected chi connectivity index (χ1v) is 7.79. The van der Waals surface area contributed by atoms with Gasteiger partial charge in [0.25, 0.3) is 0 Å². The highest BCUT2D eigenvalue weighted by Crippen LogP contribution is 2.46. The topological polar surface area (TPSA) is 38.1 Å². The van der Waals surface area contributed by atoms with Gasteiger partial charge in [-0.2, -0.15) is 0 Å². The van der Waals surface area contributed by atoms with Crippen LogP contribution in [0.3, 0.4) is 0 Å². The molecule has 1 aromatic rings. The van der Waals surface area contributed by atoms with Crippen LogP contribution in [0.5, 0.6) is 0 Å². The number of rotatable bonds is 2. The van der Waals surface area contributed by atoms with Gasteiger partial charge in [0.2, 0.25) is 0 Å². The summed E-state index contributed by atoms with van der Waals surface area (Å²) in [5, 5.41) is 0. The predicted octanol–water partition coefficient (Wildman–Crippen LogP) is 2.11. The van der Waals surface area contributed by atoms with Crippen LogP contribution in [0.15, 0.2) is 12.4 Å². The fourth-order valence-corrected chi connectivity index (χ4v) is 4.07. The van der Waals surface area contributed by atoms with Crippen molar-refractivity contribution >= 4 is 11.0 Å². The molecule has 0 amide bonds. The highest BCUT2D eigenvalue weighted by atomic mass is 32.2. The Morgan fingerprint density at radius 3 is 2.67 bits per heavy atom. The Hall–Kier alpha value is -0.680. The molecule has 2 aliphatic rings. The highest BCUT2D eigenvalue weighted by Gasteiger charge is 2.44. The van der Waals surface area contributed by atoms with Crippen LogP contribution in [0, 0.1) is 5.92 Å². The molecule has 0 aromatic carbocycles. The van der Waals surface area contributed by atoms with Gasteiger partial charge in [0.05, 0.1) is 10.8 Å². The molecule has 0 bridgehead atoms. The van der Waals surface area contributed by atoms with E-state index in [1.807, 2.05) is 33.2 Å². The Balaban J connectivity index is 1.94. The van der Waals surface area contributed by atoms with Crippen molar-refractivity contribution in [3.05, 3.63) is 18.2 Å². The Labute approximate surface area is 111 Å². The predicted molar refractivity (Wildman–Crippen MR) is 72.3 cm³/mol. The van der Waals surface area contributed by atoms with Crippen LogP contribution in [0.1, 0.15) is 45.5 Å². The van der Waals surface area contributed by atoms with E-state index < -0.39 is 11.0 Å². The summed E-state index contributed by atoms with van der Waals surface area (Å²) in [6.45, 7) is 7.92. The summed E-state index contributed by atoms with van der Waals surface area (Å²) in [5.74, 6) is 1.76. The van der Waals surface area contributed by atoms with E-state index in [0.29, 0.717) is 5.92 Å². The third-order valence-corrected chi connectivity index (χ3v) is 5.57. The monoisotopic (exact) mass is 267 g/mol. The second-order valence-electron chi connectivity index (χ2n) is 6.26. The molecule has 1 saturated carbocycles. The van der Waals surface area contributed by atoms with Crippen LogP contribution in [-0.4, -0.2) is 29.4 Å². The Kier molecular flexibility index (Phi) is 2.86. The van der Waals surface area contributed by atoms with Crippen LogP contribution in [0.25, 0.3) is 0 Å². The molecule has 2 unspecified atom stereocenters. The standard InChI is InChI=1S/C13H21N3OS/c1-13(2,3)18(17)16-9-8-15-7-6-14-12(15)11(16)10-4-5-10/h6-7,10-11H,4-5,8-9H2,1-3H3. The normalized spacial score (nSPS) is 26.9. The van der Waals surface area contributed by atoms with Crippen molar-refractivity contribution in [2.45, 2.75) is 50.9 Å². The van der Waals surface area contributed by atoms with E-state index in [-0.39, 0.29) is 10.8 Å². The lowest BCUT2D eigenvalue weighted by atomic mass is 10.1. The minimum Gasteiger partial charge on any atom is -0.332 e. The van der Waals surface area contributed by atoms with Gasteiger partial charge in [0.15, 0.2) is 0 Å². The zero-order valence-corrected chi connectivity index (χ0v) is 12.1. The van der Waals surface area contributed by atoms with Crippen molar-refractivity contribution in [2.75, 3.05) is 6.54 Å². The van der Waals surface area contributed by atoms with E-state index in [1.165, 1.54) is 12.8 Å². The molecule has 1 aliphatic heterocycles. The van der Waals surface area contributed by atoms with E-state index >= 15 is 0 Å². The van der Waals surface area contributed by atoms with Gasteiger partial charge in [-0.05, 0) is 39.5 Å². The van der Waals surface area contributed by atoms with Crippen LogP contribution < -0.4 is 0 Å². The molecular formula is C13H21N3OS. The lowest BCUT2D eigenvalue weighted by Gasteiger charge is -2.38. The second kappa shape index (κ2) is 4.17. The molecule has 4 nitrogen and oxygen atoms in total. The zero-order chi connectivity index (χ0) is 12.9. The van der Waals surface area contributed by atoms with Gasteiger partial charge >= 0.3 is 0 Å². The maximum Gasteiger partial charge on any atom is 0.127 e. The van der Waals surface area contributed by atoms with Crippen molar-refractivity contribution < 1.29 is 4.21 Å². The fraction of sp³-hybridized carbons (Fsp3) is 0.769. The average molecular weight is 267 g/mol. The lowest BCUT2D eigenvalue weighted by molar-refractivity contribution is 0.243. The summed E-state index contributed by atoms with van der Waals surface area (Å²) in [7, 11) is -0.946. The maximum absolute atomic E-state index is 12.7. The zero-order valence-electron chi connectivity index (χ0n) is 11.3. The van der Waals surface area contributed by atoms with Gasteiger partial charge in [0, 0.05) is 25.5 Å². The molecule has 100 valence electrons. The quantitative estimate of drug-likeness (QED) is 0.823. The first-order chi connectivity index (χ1) is 8.48. The molecule has 1 fully saturated rings. The van der Waals surface area contributed by atoms with Crippen LogP contribution in [0.4, 0.5) is 0 Å². The van der Waals surface area contributed by atoms with E-state index in [1.54, 1.807) is 0 Å². The van der Waals surface area contributed by atoms with Crippen molar-refractivity contribution in [1.29, 1.82) is 0 Å². The molecule has 2 atom stereocenters. The first-order valence-electron chi connectivity index (χ1n) is 6.68. The molecule has 1 aliphatic carbocycles. The summed E-state index contributed by atoms with van der Waals surface area (Å²) < 4.78 is 16.9. The SMILES string of the molecule is CC(C)(C)S(=O)N1CCn2ccnc2C1C1CC1. The van der Waals surface area contributed by atoms with E-state index in [9.17, 15) is 4.21 Å². The van der Waals surface area contributed by atoms with Crippen LogP contribution in [-0.2, 0) is 17.5 Å². The molecule has 3 rings (SSSR count). The largest absolute Gasteiger partial charge is 0.332 e. The summed E-state index contributed by atoms with van der Waals surface area (Å²) in [6.07, 6.45) is 6.40. The Morgan fingerprint density at radius 1 is 1.33 bits per heavy atom. The Bertz CT molecular complexity index is 473. The third-order valence-electron chi connectivity index (χ3n) is 3.69. The first kappa shape index (κ1) is 12.4. The smallest absolute Gasteiger partial charge is 0.127 e. The second-order valence-corrected chi connectivity index (χ2v) is 8.46. The summed E-state index contributed by atoms with van der Waals surface area (Å²) in [5.41, 5.74) is 0. The molecule has 18 heavy (non-hydrogen) atoms. The Morgan fingerprint density at radius 2 is 2.06 bits per heavy atom. The highest BCUT2D eigenvalue weighted by molar-refractivity contribution is 7.84. The van der Waals surface area contributed by atoms with Gasteiger partial charge in [-0.3, -0.25) is 0 Å². The number of fused-ring (bicyclic) bond motifs is 1. The van der Waals surface area contributed by atoms with Crippen molar-refractivity contribution in [3.63, 3.8) is 0 Å². The molecule has 2 heterocycles. The fourth-order valence-electron chi connectivity index (χ4n) is 2.65. The van der Waals surface area contributed by atoms with Crippen LogP contribution >= 0.6 is 0 Å². The summed E-state index contributed by atoms with van der Waals surface area (Å²) in [6, 6.07) is 0.258. The molecule has 0 N–H and O–H groups in total. The summed E-state index contributed by atoms with van der Waals surface area (Å²) >= 11 is 0. The lowest BCUT2D eigenvalue weighted by Crippen LogP contribution is -2.45. The van der Waals surface area contributed by atoms with Gasteiger partial charge in [0.1, 0.15) is 16.8 Å². The van der Waals surface area contributed by atoms with Gasteiger partial charge in [-0.25, -0.2) is 13.5 Å². The van der Waals surface area contributed by atoms with E-state index in [2.05, 4.69) is 13.9 Å². The molecule has 5 heteroatoms. The maximum atomic E-state index is 12.7. The molecular weight excluding hydrogens is 246 g/mol. The molecule has 0 radical (unpaired) electrons. The molecule has 0 saturated heterocycles. The van der Waals surface area contributed by atoms with Gasteiger partial charge in [-0.1, -0.05) is 0 Å². The average Bonchev–Trinajstić information content (AvgIpc) is 3.02. The number of hydrogen-bond donors (Lipinski definition) is 0. The summed E-state index contributed by atoms with van der Waals surface area (Å²) in [4.78, 5) is 4.50. The third kappa shape index (κ3) is 2.03. The number of imidazole rings is 1. The van der Waals surface area contributed by atoms with Gasteiger partial charge in [-0.15, -0.1) is 0 Å².